The molecule has 0 saturated carbocycles. The number of piperidine rings is 1. The number of aliphatic hydroxyl groups excluding tert-OH is 1. The van der Waals surface area contributed by atoms with Crippen molar-refractivity contribution in [3.05, 3.63) is 35.6 Å². The van der Waals surface area contributed by atoms with Crippen molar-refractivity contribution in [2.75, 3.05) is 6.54 Å². The van der Waals surface area contributed by atoms with Crippen molar-refractivity contribution in [3.8, 4) is 0 Å². The molecule has 1 amide bonds. The summed E-state index contributed by atoms with van der Waals surface area (Å²) in [5.74, 6) is -1.54. The molecule has 2 atom stereocenters. The lowest BCUT2D eigenvalue weighted by Crippen LogP contribution is -2.44. The standard InChI is InChI=1S/C17H22FNO4/c18-13-5-3-4-12(10-13)15(20)11-16(21)19-9-2-1-6-14(19)7-8-17(22)23/h3-5,10,14-15,20H,1-2,6-9,11H2,(H,22,23)/t14-,15-/m1/s1. The van der Waals surface area contributed by atoms with Crippen molar-refractivity contribution in [2.24, 2.45) is 0 Å². The molecule has 23 heavy (non-hydrogen) atoms. The van der Waals surface area contributed by atoms with Crippen LogP contribution in [0.15, 0.2) is 24.3 Å². The van der Waals surface area contributed by atoms with Crippen molar-refractivity contribution in [1.82, 2.24) is 4.90 Å². The van der Waals surface area contributed by atoms with Crippen LogP contribution >= 0.6 is 0 Å². The highest BCUT2D eigenvalue weighted by atomic mass is 19.1. The van der Waals surface area contributed by atoms with Gasteiger partial charge < -0.3 is 15.1 Å². The average molecular weight is 323 g/mol. The van der Waals surface area contributed by atoms with Crippen LogP contribution in [0, 0.1) is 5.82 Å². The third-order valence-electron chi connectivity index (χ3n) is 4.24. The summed E-state index contributed by atoms with van der Waals surface area (Å²) < 4.78 is 13.2. The molecule has 126 valence electrons. The Morgan fingerprint density at radius 3 is 2.83 bits per heavy atom. The van der Waals surface area contributed by atoms with Crippen molar-refractivity contribution in [3.63, 3.8) is 0 Å². The van der Waals surface area contributed by atoms with E-state index in [1.165, 1.54) is 18.2 Å². The average Bonchev–Trinajstić information content (AvgIpc) is 2.53. The number of carboxylic acids is 1. The van der Waals surface area contributed by atoms with Crippen molar-refractivity contribution in [1.29, 1.82) is 0 Å². The minimum atomic E-state index is -1.06. The van der Waals surface area contributed by atoms with Gasteiger partial charge in [0, 0.05) is 19.0 Å². The molecule has 0 spiro atoms. The van der Waals surface area contributed by atoms with Crippen LogP contribution in [0.3, 0.4) is 0 Å². The third-order valence-corrected chi connectivity index (χ3v) is 4.24. The number of aliphatic carboxylic acids is 1. The lowest BCUT2D eigenvalue weighted by molar-refractivity contribution is -0.141. The van der Waals surface area contributed by atoms with E-state index in [1.54, 1.807) is 11.0 Å². The number of aliphatic hydroxyl groups is 1. The molecule has 1 aromatic rings. The Bertz CT molecular complexity index is 563. The number of nitrogens with zero attached hydrogens (tertiary/aromatic N) is 1. The van der Waals surface area contributed by atoms with Crippen LogP contribution in [-0.2, 0) is 9.59 Å². The number of halogens is 1. The summed E-state index contributed by atoms with van der Waals surface area (Å²) in [6.45, 7) is 0.582. The first kappa shape index (κ1) is 17.4. The monoisotopic (exact) mass is 323 g/mol. The topological polar surface area (TPSA) is 77.8 Å². The van der Waals surface area contributed by atoms with Gasteiger partial charge in [-0.05, 0) is 43.4 Å². The zero-order chi connectivity index (χ0) is 16.8. The maximum atomic E-state index is 13.2. The van der Waals surface area contributed by atoms with Crippen molar-refractivity contribution < 1.29 is 24.2 Å². The molecule has 0 unspecified atom stereocenters. The maximum absolute atomic E-state index is 13.2. The summed E-state index contributed by atoms with van der Waals surface area (Å²) in [5, 5.41) is 19.0. The van der Waals surface area contributed by atoms with Gasteiger partial charge in [-0.1, -0.05) is 12.1 Å². The molecular weight excluding hydrogens is 301 g/mol. The van der Waals surface area contributed by atoms with E-state index in [4.69, 9.17) is 5.11 Å². The zero-order valence-electron chi connectivity index (χ0n) is 12.9. The Balaban J connectivity index is 1.98. The summed E-state index contributed by atoms with van der Waals surface area (Å²) in [6, 6.07) is 5.49. The van der Waals surface area contributed by atoms with Crippen LogP contribution in [0.1, 0.15) is 50.2 Å². The van der Waals surface area contributed by atoms with Gasteiger partial charge in [0.1, 0.15) is 5.82 Å². The van der Waals surface area contributed by atoms with E-state index in [-0.39, 0.29) is 24.8 Å². The number of likely N-dealkylation sites (tertiary alicyclic amines) is 1. The van der Waals surface area contributed by atoms with E-state index >= 15 is 0 Å². The van der Waals surface area contributed by atoms with Gasteiger partial charge in [-0.2, -0.15) is 0 Å². The van der Waals surface area contributed by atoms with E-state index in [2.05, 4.69) is 0 Å². The molecule has 1 aromatic carbocycles. The van der Waals surface area contributed by atoms with Crippen LogP contribution in [0.25, 0.3) is 0 Å². The molecule has 0 radical (unpaired) electrons. The maximum Gasteiger partial charge on any atom is 0.303 e. The molecule has 1 saturated heterocycles. The quantitative estimate of drug-likeness (QED) is 0.843. The predicted molar refractivity (Wildman–Crippen MR) is 82.2 cm³/mol. The van der Waals surface area contributed by atoms with Gasteiger partial charge in [0.25, 0.3) is 0 Å². The molecule has 6 heteroatoms. The summed E-state index contributed by atoms with van der Waals surface area (Å²) in [6.07, 6.45) is 1.92. The largest absolute Gasteiger partial charge is 0.481 e. The minimum absolute atomic E-state index is 0.0287. The second-order valence-electron chi connectivity index (χ2n) is 5.94. The summed E-state index contributed by atoms with van der Waals surface area (Å²) in [5.41, 5.74) is 0.373. The van der Waals surface area contributed by atoms with Crippen molar-refractivity contribution >= 4 is 11.9 Å². The number of hydrogen-bond donors (Lipinski definition) is 2. The van der Waals surface area contributed by atoms with Gasteiger partial charge in [-0.3, -0.25) is 9.59 Å². The predicted octanol–water partition coefficient (Wildman–Crippen LogP) is 2.50. The molecule has 5 nitrogen and oxygen atoms in total. The number of carbonyl (C=O) groups is 2. The van der Waals surface area contributed by atoms with Crippen LogP contribution in [-0.4, -0.2) is 39.6 Å². The highest BCUT2D eigenvalue weighted by molar-refractivity contribution is 5.77. The normalized spacial score (nSPS) is 19.4. The first-order chi connectivity index (χ1) is 11.0. The molecule has 2 rings (SSSR count). The van der Waals surface area contributed by atoms with E-state index in [0.717, 1.165) is 19.3 Å². The van der Waals surface area contributed by atoms with Crippen LogP contribution in [0.5, 0.6) is 0 Å². The highest BCUT2D eigenvalue weighted by Crippen LogP contribution is 2.25. The van der Waals surface area contributed by atoms with E-state index in [1.807, 2.05) is 0 Å². The van der Waals surface area contributed by atoms with Gasteiger partial charge in [0.15, 0.2) is 0 Å². The molecule has 1 aliphatic rings. The first-order valence-electron chi connectivity index (χ1n) is 7.92. The van der Waals surface area contributed by atoms with E-state index < -0.39 is 17.9 Å². The van der Waals surface area contributed by atoms with Crippen LogP contribution < -0.4 is 0 Å². The lowest BCUT2D eigenvalue weighted by Gasteiger charge is -2.36. The molecule has 1 aliphatic heterocycles. The summed E-state index contributed by atoms with van der Waals surface area (Å²) >= 11 is 0. The molecule has 1 heterocycles. The fourth-order valence-corrected chi connectivity index (χ4v) is 3.03. The lowest BCUT2D eigenvalue weighted by atomic mass is 9.96. The number of carbonyl (C=O) groups excluding carboxylic acids is 1. The second-order valence-corrected chi connectivity index (χ2v) is 5.94. The van der Waals surface area contributed by atoms with Crippen molar-refractivity contribution in [2.45, 2.75) is 50.7 Å². The van der Waals surface area contributed by atoms with Crippen LogP contribution in [0.2, 0.25) is 0 Å². The van der Waals surface area contributed by atoms with Crippen LogP contribution in [0.4, 0.5) is 4.39 Å². The Morgan fingerprint density at radius 2 is 2.13 bits per heavy atom. The van der Waals surface area contributed by atoms with Gasteiger partial charge in [-0.25, -0.2) is 4.39 Å². The highest BCUT2D eigenvalue weighted by Gasteiger charge is 2.28. The number of amides is 1. The molecule has 0 aliphatic carbocycles. The van der Waals surface area contributed by atoms with E-state index in [9.17, 15) is 19.1 Å². The molecule has 0 aromatic heterocycles. The fraction of sp³-hybridized carbons (Fsp3) is 0.529. The third kappa shape index (κ3) is 5.03. The summed E-state index contributed by atoms with van der Waals surface area (Å²) in [7, 11) is 0. The molecule has 0 bridgehead atoms. The Labute approximate surface area is 134 Å². The van der Waals surface area contributed by atoms with E-state index in [0.29, 0.717) is 18.5 Å². The van der Waals surface area contributed by atoms with Gasteiger partial charge >= 0.3 is 5.97 Å². The fourth-order valence-electron chi connectivity index (χ4n) is 3.03. The van der Waals surface area contributed by atoms with Gasteiger partial charge in [-0.15, -0.1) is 0 Å². The number of benzene rings is 1. The zero-order valence-corrected chi connectivity index (χ0v) is 12.9. The minimum Gasteiger partial charge on any atom is -0.481 e. The number of hydrogen-bond acceptors (Lipinski definition) is 3. The number of carboxylic acid groups (broad SMARTS) is 1. The summed E-state index contributed by atoms with van der Waals surface area (Å²) in [4.78, 5) is 24.9. The number of rotatable bonds is 6. The molecule has 2 N–H and O–H groups in total. The first-order valence-corrected chi connectivity index (χ1v) is 7.92. The Morgan fingerprint density at radius 1 is 1.35 bits per heavy atom. The van der Waals surface area contributed by atoms with Gasteiger partial charge in [0.2, 0.25) is 5.91 Å². The van der Waals surface area contributed by atoms with Gasteiger partial charge in [0.05, 0.1) is 12.5 Å². The molecular formula is C17H22FNO4. The SMILES string of the molecule is O=C(O)CC[C@H]1CCCCN1C(=O)C[C@@H](O)c1cccc(F)c1. The molecule has 1 fully saturated rings. The Kier molecular flexibility index (Phi) is 6.10. The second kappa shape index (κ2) is 8.06. The Hall–Kier alpha value is -1.95. The smallest absolute Gasteiger partial charge is 0.303 e.